The van der Waals surface area contributed by atoms with Gasteiger partial charge in [0.2, 0.25) is 5.91 Å². The number of benzene rings is 3. The zero-order valence-electron chi connectivity index (χ0n) is 19.9. The normalized spacial score (nSPS) is 11.7. The Morgan fingerprint density at radius 3 is 2.20 bits per heavy atom. The molecule has 184 valence electrons. The fourth-order valence-electron chi connectivity index (χ4n) is 3.59. The van der Waals surface area contributed by atoms with Crippen LogP contribution in [0.1, 0.15) is 25.0 Å². The molecule has 0 spiro atoms. The summed E-state index contributed by atoms with van der Waals surface area (Å²) in [6, 6.07) is 23.1. The Morgan fingerprint density at radius 1 is 0.886 bits per heavy atom. The number of nitrogens with one attached hydrogen (secondary N) is 1. The van der Waals surface area contributed by atoms with Crippen molar-refractivity contribution in [1.29, 1.82) is 0 Å². The number of carbonyl (C=O) groups excluding carboxylic acids is 2. The first-order valence-electron chi connectivity index (χ1n) is 11.6. The Balaban J connectivity index is 1.90. The van der Waals surface area contributed by atoms with Crippen LogP contribution in [0.25, 0.3) is 0 Å². The first-order chi connectivity index (χ1) is 16.8. The number of carbonyl (C=O) groups is 2. The van der Waals surface area contributed by atoms with Crippen molar-refractivity contribution in [3.63, 3.8) is 0 Å². The number of hydrogen-bond donors (Lipinski definition) is 1. The lowest BCUT2D eigenvalue weighted by Crippen LogP contribution is -2.52. The summed E-state index contributed by atoms with van der Waals surface area (Å²) in [6.45, 7) is 4.55. The molecule has 3 aromatic carbocycles. The topological polar surface area (TPSA) is 58.6 Å². The maximum Gasteiger partial charge on any atom is 0.261 e. The van der Waals surface area contributed by atoms with E-state index < -0.39 is 6.04 Å². The van der Waals surface area contributed by atoms with Crippen LogP contribution in [-0.4, -0.2) is 35.9 Å². The molecular formula is C28H30Cl2N2O3. The smallest absolute Gasteiger partial charge is 0.261 e. The lowest BCUT2D eigenvalue weighted by molar-refractivity contribution is -0.142. The second kappa shape index (κ2) is 13.2. The highest BCUT2D eigenvalue weighted by molar-refractivity contribution is 6.30. The third-order valence-electron chi connectivity index (χ3n) is 5.36. The van der Waals surface area contributed by atoms with Crippen LogP contribution in [0.15, 0.2) is 78.9 Å². The van der Waals surface area contributed by atoms with Crippen molar-refractivity contribution in [1.82, 2.24) is 10.2 Å². The summed E-state index contributed by atoms with van der Waals surface area (Å²) < 4.78 is 5.74. The molecule has 1 N–H and O–H groups in total. The predicted molar refractivity (Wildman–Crippen MR) is 141 cm³/mol. The van der Waals surface area contributed by atoms with Crippen LogP contribution >= 0.6 is 23.2 Å². The largest absolute Gasteiger partial charge is 0.484 e. The summed E-state index contributed by atoms with van der Waals surface area (Å²) in [5.74, 6) is 0.239. The molecule has 3 aromatic rings. The molecule has 0 aliphatic carbocycles. The fourth-order valence-corrected chi connectivity index (χ4v) is 3.99. The number of halogens is 2. The summed E-state index contributed by atoms with van der Waals surface area (Å²) in [5.41, 5.74) is 1.78. The van der Waals surface area contributed by atoms with Gasteiger partial charge in [-0.1, -0.05) is 85.6 Å². The maximum absolute atomic E-state index is 13.5. The van der Waals surface area contributed by atoms with Gasteiger partial charge in [0.25, 0.3) is 5.91 Å². The number of rotatable bonds is 11. The maximum atomic E-state index is 13.5. The Morgan fingerprint density at radius 2 is 1.54 bits per heavy atom. The van der Waals surface area contributed by atoms with Crippen molar-refractivity contribution in [3.8, 4) is 5.75 Å². The van der Waals surface area contributed by atoms with Crippen LogP contribution in [0.2, 0.25) is 10.0 Å². The number of amides is 2. The molecule has 7 heteroatoms. The van der Waals surface area contributed by atoms with E-state index in [4.69, 9.17) is 27.9 Å². The molecule has 5 nitrogen and oxygen atoms in total. The Hall–Kier alpha value is -3.02. The minimum atomic E-state index is -0.731. The van der Waals surface area contributed by atoms with Crippen LogP contribution in [-0.2, 0) is 22.6 Å². The Labute approximate surface area is 217 Å². The van der Waals surface area contributed by atoms with Crippen molar-refractivity contribution in [2.75, 3.05) is 13.2 Å². The van der Waals surface area contributed by atoms with Gasteiger partial charge in [-0.05, 0) is 47.4 Å². The van der Waals surface area contributed by atoms with Gasteiger partial charge < -0.3 is 15.0 Å². The molecule has 0 saturated heterocycles. The average molecular weight is 513 g/mol. The van der Waals surface area contributed by atoms with E-state index in [1.807, 2.05) is 56.3 Å². The van der Waals surface area contributed by atoms with Gasteiger partial charge in [0.05, 0.1) is 0 Å². The summed E-state index contributed by atoms with van der Waals surface area (Å²) in [7, 11) is 0. The third-order valence-corrected chi connectivity index (χ3v) is 5.83. The van der Waals surface area contributed by atoms with E-state index in [1.54, 1.807) is 41.3 Å². The van der Waals surface area contributed by atoms with Gasteiger partial charge in [-0.3, -0.25) is 9.59 Å². The standard InChI is InChI=1S/C28H30Cl2N2O3/c1-20(2)17-31-28(34)26(15-21-8-4-3-5-9-21)32(18-22-10-6-11-23(29)14-22)27(33)19-35-25-13-7-12-24(30)16-25/h3-14,16,20,26H,15,17-19H2,1-2H3,(H,31,34)/t26-/m1/s1. The van der Waals surface area contributed by atoms with Gasteiger partial charge in [0.1, 0.15) is 11.8 Å². The van der Waals surface area contributed by atoms with E-state index in [2.05, 4.69) is 5.32 Å². The number of hydrogen-bond acceptors (Lipinski definition) is 3. The monoisotopic (exact) mass is 512 g/mol. The lowest BCUT2D eigenvalue weighted by Gasteiger charge is -2.31. The molecule has 0 fully saturated rings. The van der Waals surface area contributed by atoms with Gasteiger partial charge in [-0.25, -0.2) is 0 Å². The summed E-state index contributed by atoms with van der Waals surface area (Å²) in [4.78, 5) is 28.5. The zero-order valence-corrected chi connectivity index (χ0v) is 21.4. The van der Waals surface area contributed by atoms with E-state index in [9.17, 15) is 9.59 Å². The molecule has 2 amide bonds. The molecule has 0 heterocycles. The zero-order chi connectivity index (χ0) is 25.2. The molecule has 0 saturated carbocycles. The number of nitrogens with zero attached hydrogens (tertiary/aromatic N) is 1. The van der Waals surface area contributed by atoms with E-state index >= 15 is 0 Å². The van der Waals surface area contributed by atoms with Crippen molar-refractivity contribution in [3.05, 3.63) is 100 Å². The van der Waals surface area contributed by atoms with Crippen LogP contribution in [0.4, 0.5) is 0 Å². The van der Waals surface area contributed by atoms with Gasteiger partial charge in [-0.2, -0.15) is 0 Å². The second-order valence-electron chi connectivity index (χ2n) is 8.74. The van der Waals surface area contributed by atoms with E-state index in [0.29, 0.717) is 28.8 Å². The molecule has 3 rings (SSSR count). The summed E-state index contributed by atoms with van der Waals surface area (Å²) in [6.07, 6.45) is 0.369. The molecule has 1 atom stereocenters. The molecular weight excluding hydrogens is 483 g/mol. The van der Waals surface area contributed by atoms with Crippen molar-refractivity contribution >= 4 is 35.0 Å². The highest BCUT2D eigenvalue weighted by Gasteiger charge is 2.30. The number of ether oxygens (including phenoxy) is 1. The van der Waals surface area contributed by atoms with Crippen molar-refractivity contribution in [2.45, 2.75) is 32.9 Å². The van der Waals surface area contributed by atoms with Gasteiger partial charge in [0, 0.05) is 29.6 Å². The van der Waals surface area contributed by atoms with E-state index in [-0.39, 0.29) is 30.9 Å². The quantitative estimate of drug-likeness (QED) is 0.354. The SMILES string of the molecule is CC(C)CNC(=O)[C@@H](Cc1ccccc1)N(Cc1cccc(Cl)c1)C(=O)COc1cccc(Cl)c1. The first kappa shape index (κ1) is 26.6. The van der Waals surface area contributed by atoms with Gasteiger partial charge >= 0.3 is 0 Å². The van der Waals surface area contributed by atoms with Gasteiger partial charge in [0.15, 0.2) is 6.61 Å². The summed E-state index contributed by atoms with van der Waals surface area (Å²) >= 11 is 12.2. The second-order valence-corrected chi connectivity index (χ2v) is 9.62. The van der Waals surface area contributed by atoms with E-state index in [1.165, 1.54) is 0 Å². The molecule has 35 heavy (non-hydrogen) atoms. The molecule has 0 unspecified atom stereocenters. The fraction of sp³-hybridized carbons (Fsp3) is 0.286. The van der Waals surface area contributed by atoms with Crippen molar-refractivity contribution < 1.29 is 14.3 Å². The first-order valence-corrected chi connectivity index (χ1v) is 12.3. The van der Waals surface area contributed by atoms with Crippen molar-refractivity contribution in [2.24, 2.45) is 5.92 Å². The Kier molecular flexibility index (Phi) is 10.0. The minimum absolute atomic E-state index is 0.208. The highest BCUT2D eigenvalue weighted by atomic mass is 35.5. The molecule has 0 aliphatic heterocycles. The summed E-state index contributed by atoms with van der Waals surface area (Å²) in [5, 5.41) is 4.08. The average Bonchev–Trinajstić information content (AvgIpc) is 2.84. The molecule has 0 radical (unpaired) electrons. The van der Waals surface area contributed by atoms with Crippen LogP contribution in [0.3, 0.4) is 0 Å². The highest BCUT2D eigenvalue weighted by Crippen LogP contribution is 2.20. The van der Waals surface area contributed by atoms with Crippen LogP contribution < -0.4 is 10.1 Å². The molecule has 0 bridgehead atoms. The van der Waals surface area contributed by atoms with Crippen LogP contribution in [0.5, 0.6) is 5.75 Å². The lowest BCUT2D eigenvalue weighted by atomic mass is 10.0. The Bertz CT molecular complexity index is 1120. The van der Waals surface area contributed by atoms with E-state index in [0.717, 1.165) is 11.1 Å². The van der Waals surface area contributed by atoms with Crippen LogP contribution in [0, 0.1) is 5.92 Å². The minimum Gasteiger partial charge on any atom is -0.484 e. The predicted octanol–water partition coefficient (Wildman–Crippen LogP) is 5.78. The third kappa shape index (κ3) is 8.61. The van der Waals surface area contributed by atoms with Gasteiger partial charge in [-0.15, -0.1) is 0 Å². The molecule has 0 aromatic heterocycles. The molecule has 0 aliphatic rings.